The van der Waals surface area contributed by atoms with Crippen LogP contribution in [0.3, 0.4) is 0 Å². The number of aryl methyl sites for hydroxylation is 1. The van der Waals surface area contributed by atoms with Crippen LogP contribution < -0.4 is 5.32 Å². The van der Waals surface area contributed by atoms with Gasteiger partial charge in [-0.1, -0.05) is 24.3 Å². The van der Waals surface area contributed by atoms with Crippen LogP contribution in [0.15, 0.2) is 47.1 Å². The van der Waals surface area contributed by atoms with Crippen molar-refractivity contribution in [3.63, 3.8) is 0 Å². The van der Waals surface area contributed by atoms with Gasteiger partial charge in [0.25, 0.3) is 0 Å². The Morgan fingerprint density at radius 2 is 1.90 bits per heavy atom. The normalized spacial score (nSPS) is 15.8. The van der Waals surface area contributed by atoms with E-state index in [0.717, 1.165) is 0 Å². The van der Waals surface area contributed by atoms with Gasteiger partial charge in [-0.15, -0.1) is 0 Å². The summed E-state index contributed by atoms with van der Waals surface area (Å²) >= 11 is 0. The lowest BCUT2D eigenvalue weighted by Gasteiger charge is -2.23. The number of benzene rings is 1. The molecule has 0 aliphatic carbocycles. The number of aliphatic hydroxyl groups is 1. The van der Waals surface area contributed by atoms with Crippen LogP contribution in [0.4, 0.5) is 0 Å². The Labute approximate surface area is 120 Å². The maximum Gasteiger partial charge on any atom is 0.132 e. The van der Waals surface area contributed by atoms with Crippen LogP contribution in [0, 0.1) is 6.92 Å². The zero-order valence-electron chi connectivity index (χ0n) is 12.3. The van der Waals surface area contributed by atoms with E-state index in [0.29, 0.717) is 12.2 Å². The van der Waals surface area contributed by atoms with Gasteiger partial charge in [-0.2, -0.15) is 0 Å². The second kappa shape index (κ2) is 6.73. The van der Waals surface area contributed by atoms with Crippen LogP contribution in [0.1, 0.15) is 49.3 Å². The lowest BCUT2D eigenvalue weighted by molar-refractivity contribution is 0.127. The van der Waals surface area contributed by atoms with Gasteiger partial charge < -0.3 is 14.8 Å². The van der Waals surface area contributed by atoms with Crippen LogP contribution in [0.5, 0.6) is 0 Å². The summed E-state index contributed by atoms with van der Waals surface area (Å²) in [5, 5.41) is 13.6. The largest absolute Gasteiger partial charge is 0.467 e. The number of rotatable bonds is 6. The second-order valence-electron chi connectivity index (χ2n) is 5.41. The topological polar surface area (TPSA) is 45.4 Å². The molecule has 1 heterocycles. The second-order valence-corrected chi connectivity index (χ2v) is 5.41. The molecule has 0 aliphatic heterocycles. The van der Waals surface area contributed by atoms with Crippen molar-refractivity contribution in [2.45, 2.75) is 45.4 Å². The summed E-state index contributed by atoms with van der Waals surface area (Å²) in [6.07, 6.45) is 1.66. The minimum atomic E-state index is -0.559. The fourth-order valence-electron chi connectivity index (χ4n) is 2.59. The number of nitrogens with one attached hydrogen (secondary N) is 1. The quantitative estimate of drug-likeness (QED) is 0.842. The van der Waals surface area contributed by atoms with Crippen LogP contribution in [0.25, 0.3) is 0 Å². The van der Waals surface area contributed by atoms with Crippen molar-refractivity contribution in [2.75, 3.05) is 0 Å². The van der Waals surface area contributed by atoms with E-state index < -0.39 is 6.10 Å². The Morgan fingerprint density at radius 3 is 2.55 bits per heavy atom. The Morgan fingerprint density at radius 1 is 1.15 bits per heavy atom. The van der Waals surface area contributed by atoms with E-state index in [9.17, 15) is 5.11 Å². The summed E-state index contributed by atoms with van der Waals surface area (Å²) in [6.45, 7) is 6.36. The molecule has 0 radical (unpaired) electrons. The van der Waals surface area contributed by atoms with E-state index in [1.54, 1.807) is 12.3 Å². The third kappa shape index (κ3) is 3.71. The van der Waals surface area contributed by atoms with E-state index >= 15 is 0 Å². The van der Waals surface area contributed by atoms with Crippen LogP contribution >= 0.6 is 0 Å². The Kier molecular flexibility index (Phi) is 4.99. The highest BCUT2D eigenvalue weighted by Crippen LogP contribution is 2.21. The summed E-state index contributed by atoms with van der Waals surface area (Å²) in [4.78, 5) is 0. The average Bonchev–Trinajstić information content (AvgIpc) is 2.92. The van der Waals surface area contributed by atoms with E-state index in [4.69, 9.17) is 4.42 Å². The van der Waals surface area contributed by atoms with Gasteiger partial charge in [0.1, 0.15) is 11.9 Å². The van der Waals surface area contributed by atoms with Gasteiger partial charge in [-0.3, -0.25) is 0 Å². The lowest BCUT2D eigenvalue weighted by Crippen LogP contribution is -2.30. The standard InChI is InChI=1S/C17H23NO2/c1-12-7-4-5-8-15(12)14(3)18-13(2)11-16(19)17-9-6-10-20-17/h4-10,13-14,16,18-19H,11H2,1-3H3. The fourth-order valence-corrected chi connectivity index (χ4v) is 2.59. The van der Waals surface area contributed by atoms with Crippen molar-refractivity contribution >= 4 is 0 Å². The minimum absolute atomic E-state index is 0.199. The van der Waals surface area contributed by atoms with E-state index in [2.05, 4.69) is 50.4 Å². The summed E-state index contributed by atoms with van der Waals surface area (Å²) in [6, 6.07) is 12.4. The molecule has 2 aromatic rings. The van der Waals surface area contributed by atoms with Crippen LogP contribution in [0.2, 0.25) is 0 Å². The molecule has 3 heteroatoms. The van der Waals surface area contributed by atoms with Gasteiger partial charge >= 0.3 is 0 Å². The highest BCUT2D eigenvalue weighted by Gasteiger charge is 2.17. The van der Waals surface area contributed by atoms with Crippen molar-refractivity contribution in [1.29, 1.82) is 0 Å². The molecule has 3 atom stereocenters. The summed E-state index contributed by atoms with van der Waals surface area (Å²) in [7, 11) is 0. The molecule has 2 N–H and O–H groups in total. The third-order valence-corrected chi connectivity index (χ3v) is 3.64. The molecule has 2 rings (SSSR count). The van der Waals surface area contributed by atoms with Crippen LogP contribution in [-0.4, -0.2) is 11.1 Å². The van der Waals surface area contributed by atoms with Crippen molar-refractivity contribution in [3.05, 3.63) is 59.5 Å². The van der Waals surface area contributed by atoms with Gasteiger partial charge in [0.05, 0.1) is 6.26 Å². The minimum Gasteiger partial charge on any atom is -0.467 e. The summed E-state index contributed by atoms with van der Waals surface area (Å²) in [5.41, 5.74) is 2.58. The third-order valence-electron chi connectivity index (χ3n) is 3.64. The molecule has 3 unspecified atom stereocenters. The average molecular weight is 273 g/mol. The zero-order valence-corrected chi connectivity index (χ0v) is 12.3. The van der Waals surface area contributed by atoms with Crippen molar-refractivity contribution in [2.24, 2.45) is 0 Å². The number of hydrogen-bond donors (Lipinski definition) is 2. The first-order chi connectivity index (χ1) is 9.58. The predicted molar refractivity (Wildman–Crippen MR) is 80.5 cm³/mol. The first-order valence-electron chi connectivity index (χ1n) is 7.11. The molecule has 0 aliphatic rings. The van der Waals surface area contributed by atoms with Gasteiger partial charge in [0, 0.05) is 12.1 Å². The Balaban J connectivity index is 1.91. The molecule has 3 nitrogen and oxygen atoms in total. The molecule has 0 bridgehead atoms. The maximum atomic E-state index is 10.1. The van der Waals surface area contributed by atoms with Crippen molar-refractivity contribution in [1.82, 2.24) is 5.32 Å². The fraction of sp³-hybridized carbons (Fsp3) is 0.412. The highest BCUT2D eigenvalue weighted by atomic mass is 16.4. The molecule has 1 aromatic heterocycles. The van der Waals surface area contributed by atoms with E-state index in [1.807, 2.05) is 6.07 Å². The molecule has 108 valence electrons. The SMILES string of the molecule is Cc1ccccc1C(C)NC(C)CC(O)c1ccco1. The molecule has 1 aromatic carbocycles. The van der Waals surface area contributed by atoms with Gasteiger partial charge in [-0.25, -0.2) is 0 Å². The highest BCUT2D eigenvalue weighted by molar-refractivity contribution is 5.28. The molecular weight excluding hydrogens is 250 g/mol. The predicted octanol–water partition coefficient (Wildman–Crippen LogP) is 3.75. The van der Waals surface area contributed by atoms with Gasteiger partial charge in [0.15, 0.2) is 0 Å². The summed E-state index contributed by atoms with van der Waals surface area (Å²) in [5.74, 6) is 0.627. The lowest BCUT2D eigenvalue weighted by atomic mass is 10.0. The molecule has 0 saturated carbocycles. The monoisotopic (exact) mass is 273 g/mol. The van der Waals surface area contributed by atoms with Crippen molar-refractivity contribution in [3.8, 4) is 0 Å². The van der Waals surface area contributed by atoms with E-state index in [-0.39, 0.29) is 12.1 Å². The molecular formula is C17H23NO2. The first kappa shape index (κ1) is 14.8. The van der Waals surface area contributed by atoms with E-state index in [1.165, 1.54) is 11.1 Å². The smallest absolute Gasteiger partial charge is 0.132 e. The van der Waals surface area contributed by atoms with Gasteiger partial charge in [0.2, 0.25) is 0 Å². The Hall–Kier alpha value is -1.58. The Bertz CT molecular complexity index is 522. The first-order valence-corrected chi connectivity index (χ1v) is 7.11. The van der Waals surface area contributed by atoms with Crippen LogP contribution in [-0.2, 0) is 0 Å². The zero-order chi connectivity index (χ0) is 14.5. The number of aliphatic hydroxyl groups excluding tert-OH is 1. The molecule has 0 spiro atoms. The van der Waals surface area contributed by atoms with Crippen molar-refractivity contribution < 1.29 is 9.52 Å². The van der Waals surface area contributed by atoms with Gasteiger partial charge in [-0.05, 0) is 50.5 Å². The molecule has 20 heavy (non-hydrogen) atoms. The number of furan rings is 1. The molecule has 0 fully saturated rings. The summed E-state index contributed by atoms with van der Waals surface area (Å²) < 4.78 is 5.23. The molecule has 0 saturated heterocycles. The number of hydrogen-bond acceptors (Lipinski definition) is 3. The molecule has 0 amide bonds. The maximum absolute atomic E-state index is 10.1.